The molecular formula is C16H20BrNO. The largest absolute Gasteiger partial charge is 0.300 e. The third-order valence-corrected chi connectivity index (χ3v) is 4.52. The lowest BCUT2D eigenvalue weighted by molar-refractivity contribution is 0.0961. The number of carbonyl (C=O) groups is 1. The smallest absolute Gasteiger partial charge is 0.164 e. The quantitative estimate of drug-likeness (QED) is 0.710. The molecule has 0 saturated heterocycles. The zero-order chi connectivity index (χ0) is 13.2. The molecule has 0 bridgehead atoms. The van der Waals surface area contributed by atoms with Gasteiger partial charge in [0, 0.05) is 35.6 Å². The lowest BCUT2D eigenvalue weighted by Crippen LogP contribution is -2.30. The van der Waals surface area contributed by atoms with Crippen LogP contribution in [-0.4, -0.2) is 29.8 Å². The minimum Gasteiger partial charge on any atom is -0.300 e. The molecule has 102 valence electrons. The van der Waals surface area contributed by atoms with Gasteiger partial charge in [-0.3, -0.25) is 9.69 Å². The molecule has 0 unspecified atom stereocenters. The normalized spacial score (nSPS) is 18.8. The Morgan fingerprint density at radius 2 is 2.05 bits per heavy atom. The maximum absolute atomic E-state index is 12.2. The predicted octanol–water partition coefficient (Wildman–Crippen LogP) is 3.90. The highest BCUT2D eigenvalue weighted by Gasteiger charge is 2.33. The lowest BCUT2D eigenvalue weighted by Gasteiger charge is -2.21. The molecule has 0 spiro atoms. The molecule has 0 atom stereocenters. The van der Waals surface area contributed by atoms with Gasteiger partial charge in [0.25, 0.3) is 0 Å². The van der Waals surface area contributed by atoms with Crippen molar-refractivity contribution in [3.05, 3.63) is 34.3 Å². The van der Waals surface area contributed by atoms with Crippen molar-refractivity contribution in [2.24, 2.45) is 5.92 Å². The summed E-state index contributed by atoms with van der Waals surface area (Å²) in [5.74, 6) is 1.18. The summed E-state index contributed by atoms with van der Waals surface area (Å²) < 4.78 is 0.982. The highest BCUT2D eigenvalue weighted by molar-refractivity contribution is 9.10. The van der Waals surface area contributed by atoms with Crippen LogP contribution in [0.25, 0.3) is 0 Å². The molecule has 2 aliphatic carbocycles. The van der Waals surface area contributed by atoms with Crippen molar-refractivity contribution >= 4 is 21.7 Å². The van der Waals surface area contributed by atoms with Crippen molar-refractivity contribution in [2.45, 2.75) is 38.1 Å². The van der Waals surface area contributed by atoms with E-state index in [2.05, 4.69) is 20.8 Å². The number of benzene rings is 1. The third kappa shape index (κ3) is 3.90. The molecule has 0 aromatic heterocycles. The zero-order valence-corrected chi connectivity index (χ0v) is 12.7. The van der Waals surface area contributed by atoms with Crippen LogP contribution in [-0.2, 0) is 0 Å². The fourth-order valence-electron chi connectivity index (χ4n) is 2.55. The summed E-state index contributed by atoms with van der Waals surface area (Å²) >= 11 is 3.42. The van der Waals surface area contributed by atoms with Gasteiger partial charge in [-0.05, 0) is 43.7 Å². The molecule has 3 rings (SSSR count). The molecule has 2 aliphatic rings. The fraction of sp³-hybridized carbons (Fsp3) is 0.562. The Morgan fingerprint density at radius 1 is 1.26 bits per heavy atom. The topological polar surface area (TPSA) is 20.3 Å². The Bertz CT molecular complexity index is 466. The Balaban J connectivity index is 1.53. The number of hydrogen-bond acceptors (Lipinski definition) is 2. The van der Waals surface area contributed by atoms with E-state index in [1.165, 1.54) is 32.2 Å². The SMILES string of the molecule is O=C(CCN(CC1CC1)C1CC1)c1cccc(Br)c1. The number of rotatable bonds is 7. The van der Waals surface area contributed by atoms with Gasteiger partial charge in [0.2, 0.25) is 0 Å². The number of carbonyl (C=O) groups excluding carboxylic acids is 1. The summed E-state index contributed by atoms with van der Waals surface area (Å²) in [7, 11) is 0. The first-order chi connectivity index (χ1) is 9.22. The van der Waals surface area contributed by atoms with Gasteiger partial charge in [-0.15, -0.1) is 0 Å². The van der Waals surface area contributed by atoms with Crippen LogP contribution in [0.1, 0.15) is 42.5 Å². The summed E-state index contributed by atoms with van der Waals surface area (Å²) in [4.78, 5) is 14.7. The molecule has 0 aliphatic heterocycles. The lowest BCUT2D eigenvalue weighted by atomic mass is 10.1. The molecule has 19 heavy (non-hydrogen) atoms. The summed E-state index contributed by atoms with van der Waals surface area (Å²) in [6, 6.07) is 8.50. The van der Waals surface area contributed by atoms with Gasteiger partial charge in [-0.25, -0.2) is 0 Å². The van der Waals surface area contributed by atoms with Crippen LogP contribution < -0.4 is 0 Å². The second-order valence-corrected chi connectivity index (χ2v) is 6.77. The molecule has 0 N–H and O–H groups in total. The van der Waals surface area contributed by atoms with Crippen LogP contribution in [0.2, 0.25) is 0 Å². The molecule has 1 aromatic rings. The Kier molecular flexibility index (Phi) is 4.04. The summed E-state index contributed by atoms with van der Waals surface area (Å²) in [6.45, 7) is 2.16. The van der Waals surface area contributed by atoms with Crippen molar-refractivity contribution in [3.63, 3.8) is 0 Å². The second kappa shape index (κ2) is 5.76. The molecule has 2 fully saturated rings. The van der Waals surface area contributed by atoms with E-state index in [4.69, 9.17) is 0 Å². The Morgan fingerprint density at radius 3 is 2.68 bits per heavy atom. The first-order valence-corrected chi connectivity index (χ1v) is 8.04. The number of Topliss-reactive ketones (excluding diaryl/α,β-unsaturated/α-hetero) is 1. The summed E-state index contributed by atoms with van der Waals surface area (Å²) in [5.41, 5.74) is 0.830. The van der Waals surface area contributed by atoms with Crippen molar-refractivity contribution in [2.75, 3.05) is 13.1 Å². The van der Waals surface area contributed by atoms with E-state index >= 15 is 0 Å². The fourth-order valence-corrected chi connectivity index (χ4v) is 2.95. The first kappa shape index (κ1) is 13.3. The number of hydrogen-bond donors (Lipinski definition) is 0. The number of nitrogens with zero attached hydrogens (tertiary/aromatic N) is 1. The monoisotopic (exact) mass is 321 g/mol. The maximum atomic E-state index is 12.2. The third-order valence-electron chi connectivity index (χ3n) is 4.03. The van der Waals surface area contributed by atoms with Crippen LogP contribution in [0, 0.1) is 5.92 Å². The van der Waals surface area contributed by atoms with Crippen molar-refractivity contribution in [1.29, 1.82) is 0 Å². The first-order valence-electron chi connectivity index (χ1n) is 7.25. The molecule has 0 amide bonds. The average Bonchev–Trinajstić information content (AvgIpc) is 3.27. The minimum absolute atomic E-state index is 0.266. The van der Waals surface area contributed by atoms with Gasteiger partial charge in [-0.1, -0.05) is 28.1 Å². The minimum atomic E-state index is 0.266. The van der Waals surface area contributed by atoms with Crippen LogP contribution >= 0.6 is 15.9 Å². The average molecular weight is 322 g/mol. The number of halogens is 1. The van der Waals surface area contributed by atoms with Gasteiger partial charge >= 0.3 is 0 Å². The Hall–Kier alpha value is -0.670. The molecule has 0 heterocycles. The second-order valence-electron chi connectivity index (χ2n) is 5.85. The van der Waals surface area contributed by atoms with E-state index in [-0.39, 0.29) is 5.78 Å². The molecule has 0 radical (unpaired) electrons. The predicted molar refractivity (Wildman–Crippen MR) is 80.4 cm³/mol. The van der Waals surface area contributed by atoms with Gasteiger partial charge in [-0.2, -0.15) is 0 Å². The van der Waals surface area contributed by atoms with E-state index in [0.717, 1.165) is 28.5 Å². The van der Waals surface area contributed by atoms with E-state index in [0.29, 0.717) is 6.42 Å². The van der Waals surface area contributed by atoms with E-state index < -0.39 is 0 Å². The molecule has 1 aromatic carbocycles. The summed E-state index contributed by atoms with van der Waals surface area (Å²) in [5, 5.41) is 0. The van der Waals surface area contributed by atoms with Crippen LogP contribution in [0.15, 0.2) is 28.7 Å². The van der Waals surface area contributed by atoms with E-state index in [9.17, 15) is 4.79 Å². The number of ketones is 1. The summed E-state index contributed by atoms with van der Waals surface area (Å²) in [6.07, 6.45) is 6.10. The van der Waals surface area contributed by atoms with Gasteiger partial charge in [0.1, 0.15) is 0 Å². The highest BCUT2D eigenvalue weighted by Crippen LogP contribution is 2.34. The molecule has 2 saturated carbocycles. The van der Waals surface area contributed by atoms with Gasteiger partial charge < -0.3 is 0 Å². The van der Waals surface area contributed by atoms with Gasteiger partial charge in [0.05, 0.1) is 0 Å². The zero-order valence-electron chi connectivity index (χ0n) is 11.1. The van der Waals surface area contributed by atoms with Crippen LogP contribution in [0.5, 0.6) is 0 Å². The van der Waals surface area contributed by atoms with Crippen molar-refractivity contribution in [3.8, 4) is 0 Å². The maximum Gasteiger partial charge on any atom is 0.164 e. The molecule has 2 nitrogen and oxygen atoms in total. The van der Waals surface area contributed by atoms with E-state index in [1.54, 1.807) is 0 Å². The van der Waals surface area contributed by atoms with Crippen LogP contribution in [0.4, 0.5) is 0 Å². The van der Waals surface area contributed by atoms with Crippen molar-refractivity contribution in [1.82, 2.24) is 4.90 Å². The molecule has 3 heteroatoms. The van der Waals surface area contributed by atoms with Gasteiger partial charge in [0.15, 0.2) is 5.78 Å². The van der Waals surface area contributed by atoms with Crippen molar-refractivity contribution < 1.29 is 4.79 Å². The Labute approximate surface area is 123 Å². The molecular weight excluding hydrogens is 302 g/mol. The van der Waals surface area contributed by atoms with Crippen LogP contribution in [0.3, 0.4) is 0 Å². The standard InChI is InChI=1S/C16H20BrNO/c17-14-3-1-2-13(10-14)16(19)8-9-18(15-6-7-15)11-12-4-5-12/h1-3,10,12,15H,4-9,11H2. The highest BCUT2D eigenvalue weighted by atomic mass is 79.9. The van der Waals surface area contributed by atoms with E-state index in [1.807, 2.05) is 24.3 Å².